The quantitative estimate of drug-likeness (QED) is 0.521. The van der Waals surface area contributed by atoms with Crippen molar-refractivity contribution in [1.82, 2.24) is 0 Å². The van der Waals surface area contributed by atoms with Crippen molar-refractivity contribution in [2.75, 3.05) is 0 Å². The molecule has 1 aromatic carbocycles. The second kappa shape index (κ2) is 4.29. The van der Waals surface area contributed by atoms with Crippen molar-refractivity contribution in [2.45, 2.75) is 27.2 Å². The molecular formula is C11H17ClSi. The van der Waals surface area contributed by atoms with Crippen molar-refractivity contribution in [2.24, 2.45) is 5.41 Å². The fourth-order valence-corrected chi connectivity index (χ4v) is 2.85. The molecule has 1 aromatic rings. The van der Waals surface area contributed by atoms with E-state index in [0.29, 0.717) is 5.41 Å². The maximum Gasteiger partial charge on any atom is 0.156 e. The first-order chi connectivity index (χ1) is 6.03. The van der Waals surface area contributed by atoms with Crippen LogP contribution in [0.15, 0.2) is 24.3 Å². The zero-order valence-electron chi connectivity index (χ0n) is 8.60. The Bertz CT molecular complexity index is 276. The van der Waals surface area contributed by atoms with Crippen molar-refractivity contribution in [3.63, 3.8) is 0 Å². The molecule has 0 saturated carbocycles. The molecule has 0 amide bonds. The Morgan fingerprint density at radius 1 is 1.23 bits per heavy atom. The summed E-state index contributed by atoms with van der Waals surface area (Å²) in [7, 11) is -0.534. The Hall–Kier alpha value is -0.273. The molecule has 72 valence electrons. The van der Waals surface area contributed by atoms with Gasteiger partial charge < -0.3 is 0 Å². The van der Waals surface area contributed by atoms with Crippen LogP contribution in [0.4, 0.5) is 0 Å². The van der Waals surface area contributed by atoms with E-state index in [1.165, 1.54) is 10.8 Å². The molecule has 13 heavy (non-hydrogen) atoms. The smallest absolute Gasteiger partial charge is 0.156 e. The van der Waals surface area contributed by atoms with E-state index in [1.807, 2.05) is 0 Å². The SMILES string of the molecule is CC(C)(C)Cc1ccccc1[SiH2]Cl. The molecule has 0 unspecified atom stereocenters. The molecule has 0 fully saturated rings. The maximum atomic E-state index is 6.00. The van der Waals surface area contributed by atoms with Crippen LogP contribution in [0.25, 0.3) is 0 Å². The summed E-state index contributed by atoms with van der Waals surface area (Å²) in [6.07, 6.45) is 1.13. The van der Waals surface area contributed by atoms with Crippen LogP contribution in [0.3, 0.4) is 0 Å². The number of halogens is 1. The van der Waals surface area contributed by atoms with Crippen LogP contribution in [0.5, 0.6) is 0 Å². The van der Waals surface area contributed by atoms with Gasteiger partial charge in [-0.15, -0.1) is 0 Å². The van der Waals surface area contributed by atoms with Crippen molar-refractivity contribution in [1.29, 1.82) is 0 Å². The lowest BCUT2D eigenvalue weighted by Gasteiger charge is -2.19. The predicted molar refractivity (Wildman–Crippen MR) is 63.6 cm³/mol. The lowest BCUT2D eigenvalue weighted by Crippen LogP contribution is -2.20. The van der Waals surface area contributed by atoms with E-state index in [2.05, 4.69) is 45.0 Å². The van der Waals surface area contributed by atoms with Crippen LogP contribution in [0.2, 0.25) is 0 Å². The zero-order chi connectivity index (χ0) is 9.90. The summed E-state index contributed by atoms with van der Waals surface area (Å²) in [6, 6.07) is 8.55. The molecule has 0 aliphatic carbocycles. The van der Waals surface area contributed by atoms with E-state index in [9.17, 15) is 0 Å². The minimum atomic E-state index is -0.534. The molecule has 0 bridgehead atoms. The number of hydrogen-bond acceptors (Lipinski definition) is 0. The van der Waals surface area contributed by atoms with Crippen LogP contribution in [-0.4, -0.2) is 8.83 Å². The van der Waals surface area contributed by atoms with Gasteiger partial charge in [0.1, 0.15) is 0 Å². The highest BCUT2D eigenvalue weighted by Crippen LogP contribution is 2.19. The summed E-state index contributed by atoms with van der Waals surface area (Å²) in [5, 5.41) is 1.40. The molecule has 0 atom stereocenters. The van der Waals surface area contributed by atoms with Crippen LogP contribution >= 0.6 is 11.1 Å². The highest BCUT2D eigenvalue weighted by molar-refractivity contribution is 7.01. The standard InChI is InChI=1S/C11H17ClSi/c1-11(2,3)8-9-6-4-5-7-10(9)13-12/h4-7H,8,13H2,1-3H3. The van der Waals surface area contributed by atoms with Gasteiger partial charge in [0, 0.05) is 0 Å². The third-order valence-corrected chi connectivity index (χ3v) is 3.82. The van der Waals surface area contributed by atoms with E-state index in [4.69, 9.17) is 11.1 Å². The molecule has 0 aliphatic heterocycles. The Kier molecular flexibility index (Phi) is 3.57. The highest BCUT2D eigenvalue weighted by Gasteiger charge is 2.12. The first-order valence-corrected chi connectivity index (χ1v) is 7.50. The monoisotopic (exact) mass is 212 g/mol. The minimum Gasteiger partial charge on any atom is -0.170 e. The van der Waals surface area contributed by atoms with Crippen molar-refractivity contribution in [3.8, 4) is 0 Å². The average Bonchev–Trinajstić information content (AvgIpc) is 2.02. The number of benzene rings is 1. The number of rotatable bonds is 2. The first kappa shape index (κ1) is 10.8. The lowest BCUT2D eigenvalue weighted by atomic mass is 9.88. The third kappa shape index (κ3) is 3.53. The molecule has 2 heteroatoms. The summed E-state index contributed by atoms with van der Waals surface area (Å²) in [5.41, 5.74) is 1.80. The summed E-state index contributed by atoms with van der Waals surface area (Å²) in [5.74, 6) is 0. The summed E-state index contributed by atoms with van der Waals surface area (Å²) < 4.78 is 0. The van der Waals surface area contributed by atoms with Gasteiger partial charge in [0.15, 0.2) is 8.83 Å². The Labute approximate surface area is 87.8 Å². The lowest BCUT2D eigenvalue weighted by molar-refractivity contribution is 0.412. The van der Waals surface area contributed by atoms with Gasteiger partial charge in [0.05, 0.1) is 0 Å². The summed E-state index contributed by atoms with van der Waals surface area (Å²) in [6.45, 7) is 6.79. The van der Waals surface area contributed by atoms with E-state index < -0.39 is 8.83 Å². The topological polar surface area (TPSA) is 0 Å². The minimum absolute atomic E-state index is 0.358. The Balaban J connectivity index is 2.87. The van der Waals surface area contributed by atoms with Crippen LogP contribution in [0.1, 0.15) is 26.3 Å². The van der Waals surface area contributed by atoms with E-state index in [1.54, 1.807) is 0 Å². The van der Waals surface area contributed by atoms with Gasteiger partial charge in [0.25, 0.3) is 0 Å². The zero-order valence-corrected chi connectivity index (χ0v) is 10.8. The molecule has 0 radical (unpaired) electrons. The van der Waals surface area contributed by atoms with Crippen molar-refractivity contribution >= 4 is 25.1 Å². The Morgan fingerprint density at radius 2 is 1.85 bits per heavy atom. The van der Waals surface area contributed by atoms with Gasteiger partial charge in [-0.3, -0.25) is 0 Å². The van der Waals surface area contributed by atoms with Gasteiger partial charge >= 0.3 is 0 Å². The van der Waals surface area contributed by atoms with Gasteiger partial charge in [-0.1, -0.05) is 45.0 Å². The molecule has 0 saturated heterocycles. The van der Waals surface area contributed by atoms with Gasteiger partial charge in [0.2, 0.25) is 0 Å². The van der Waals surface area contributed by atoms with Gasteiger partial charge in [-0.05, 0) is 22.6 Å². The third-order valence-electron chi connectivity index (χ3n) is 1.98. The van der Waals surface area contributed by atoms with Crippen molar-refractivity contribution in [3.05, 3.63) is 29.8 Å². The van der Waals surface area contributed by atoms with Crippen LogP contribution < -0.4 is 5.19 Å². The van der Waals surface area contributed by atoms with E-state index >= 15 is 0 Å². The maximum absolute atomic E-state index is 6.00. The Morgan fingerprint density at radius 3 is 2.38 bits per heavy atom. The summed E-state index contributed by atoms with van der Waals surface area (Å²) >= 11 is 6.00. The normalized spacial score (nSPS) is 12.6. The molecule has 0 heterocycles. The first-order valence-electron chi connectivity index (χ1n) is 4.66. The second-order valence-corrected chi connectivity index (χ2v) is 6.47. The molecule has 0 aromatic heterocycles. The fraction of sp³-hybridized carbons (Fsp3) is 0.455. The fourth-order valence-electron chi connectivity index (χ4n) is 1.43. The number of hydrogen-bond donors (Lipinski definition) is 0. The van der Waals surface area contributed by atoms with E-state index in [-0.39, 0.29) is 0 Å². The molecule has 1 rings (SSSR count). The average molecular weight is 213 g/mol. The molecule has 0 N–H and O–H groups in total. The predicted octanol–water partition coefficient (Wildman–Crippen LogP) is 2.22. The molecular weight excluding hydrogens is 196 g/mol. The van der Waals surface area contributed by atoms with Gasteiger partial charge in [-0.25, -0.2) is 0 Å². The largest absolute Gasteiger partial charge is 0.170 e. The molecule has 0 nitrogen and oxygen atoms in total. The molecule has 0 aliphatic rings. The van der Waals surface area contributed by atoms with Crippen molar-refractivity contribution < 1.29 is 0 Å². The van der Waals surface area contributed by atoms with Crippen LogP contribution in [0, 0.1) is 5.41 Å². The molecule has 0 spiro atoms. The highest BCUT2D eigenvalue weighted by atomic mass is 35.6. The summed E-state index contributed by atoms with van der Waals surface area (Å²) in [4.78, 5) is 0. The van der Waals surface area contributed by atoms with Crippen LogP contribution in [-0.2, 0) is 6.42 Å². The second-order valence-electron chi connectivity index (χ2n) is 4.64. The van der Waals surface area contributed by atoms with Gasteiger partial charge in [-0.2, -0.15) is 11.1 Å². The van der Waals surface area contributed by atoms with E-state index in [0.717, 1.165) is 6.42 Å².